The van der Waals surface area contributed by atoms with Crippen molar-refractivity contribution in [3.8, 4) is 0 Å². The summed E-state index contributed by atoms with van der Waals surface area (Å²) in [6.45, 7) is 0.196. The molecule has 1 heterocycles. The Labute approximate surface area is 122 Å². The molecule has 0 atom stereocenters. The van der Waals surface area contributed by atoms with Gasteiger partial charge in [-0.2, -0.15) is 9.67 Å². The van der Waals surface area contributed by atoms with Crippen LogP contribution in [-0.2, 0) is 11.3 Å². The van der Waals surface area contributed by atoms with Gasteiger partial charge in [-0.15, -0.1) is 0 Å². The number of pyridine rings is 1. The summed E-state index contributed by atoms with van der Waals surface area (Å²) in [5.74, 6) is -0.531. The maximum absolute atomic E-state index is 12.7. The van der Waals surface area contributed by atoms with Gasteiger partial charge in [0.05, 0.1) is 6.21 Å². The Bertz CT molecular complexity index is 573. The molecule has 2 aromatic rings. The normalized spacial score (nSPS) is 10.1. The third-order valence-corrected chi connectivity index (χ3v) is 2.38. The molecule has 0 aliphatic rings. The van der Waals surface area contributed by atoms with E-state index in [1.165, 1.54) is 18.3 Å². The second-order valence-corrected chi connectivity index (χ2v) is 3.89. The monoisotopic (exact) mass is 293 g/mol. The Morgan fingerprint density at radius 3 is 2.50 bits per heavy atom. The summed E-state index contributed by atoms with van der Waals surface area (Å²) >= 11 is 0. The molecule has 0 saturated heterocycles. The fourth-order valence-electron chi connectivity index (χ4n) is 1.47. The molecule has 2 rings (SSSR count). The number of nitrogens with one attached hydrogen (secondary N) is 1. The number of carbonyl (C=O) groups excluding carboxylic acids is 1. The van der Waals surface area contributed by atoms with Gasteiger partial charge in [0.15, 0.2) is 12.4 Å². The molecule has 20 heavy (non-hydrogen) atoms. The van der Waals surface area contributed by atoms with E-state index in [1.54, 1.807) is 29.1 Å². The van der Waals surface area contributed by atoms with Gasteiger partial charge in [0.1, 0.15) is 5.82 Å². The lowest BCUT2D eigenvalue weighted by molar-refractivity contribution is -0.684. The molecule has 1 aromatic heterocycles. The number of hydrogen-bond acceptors (Lipinski definition) is 2. The summed E-state index contributed by atoms with van der Waals surface area (Å²) in [5, 5.41) is 3.81. The number of halogens is 2. The summed E-state index contributed by atoms with van der Waals surface area (Å²) in [5.41, 5.74) is 3.13. The lowest BCUT2D eigenvalue weighted by Gasteiger charge is -1.96. The maximum Gasteiger partial charge on any atom is 0.305 e. The third kappa shape index (κ3) is 5.16. The van der Waals surface area contributed by atoms with E-state index in [0.717, 1.165) is 0 Å². The van der Waals surface area contributed by atoms with Crippen molar-refractivity contribution in [3.05, 3.63) is 66.2 Å². The molecule has 1 N–H and O–H groups in total. The molecule has 0 radical (unpaired) electrons. The zero-order valence-corrected chi connectivity index (χ0v) is 11.3. The van der Waals surface area contributed by atoms with Crippen molar-refractivity contribution >= 4 is 12.1 Å². The van der Waals surface area contributed by atoms with E-state index in [2.05, 4.69) is 10.5 Å². The van der Waals surface area contributed by atoms with Gasteiger partial charge in [-0.25, -0.2) is 9.82 Å². The average Bonchev–Trinajstić information content (AvgIpc) is 2.42. The second kappa shape index (κ2) is 8.01. The van der Waals surface area contributed by atoms with E-state index < -0.39 is 0 Å². The summed E-state index contributed by atoms with van der Waals surface area (Å²) in [4.78, 5) is 11.6. The van der Waals surface area contributed by atoms with E-state index >= 15 is 0 Å². The van der Waals surface area contributed by atoms with Crippen LogP contribution in [0.15, 0.2) is 60.0 Å². The van der Waals surface area contributed by atoms with Crippen LogP contribution in [0.5, 0.6) is 0 Å². The summed E-state index contributed by atoms with van der Waals surface area (Å²) < 4.78 is 14.4. The molecule has 104 valence electrons. The SMILES string of the molecule is O=C(C[n+]1ccccc1)N/N=C\c1ccc(F)cc1.[Cl-]. The average molecular weight is 294 g/mol. The number of aromatic nitrogens is 1. The van der Waals surface area contributed by atoms with Crippen molar-refractivity contribution in [2.75, 3.05) is 0 Å². The van der Waals surface area contributed by atoms with Gasteiger partial charge in [0.2, 0.25) is 6.54 Å². The molecule has 4 nitrogen and oxygen atoms in total. The Kier molecular flexibility index (Phi) is 6.32. The Hall–Kier alpha value is -2.27. The molecule has 0 spiro atoms. The van der Waals surface area contributed by atoms with Crippen LogP contribution < -0.4 is 22.4 Å². The van der Waals surface area contributed by atoms with Crippen molar-refractivity contribution in [2.45, 2.75) is 6.54 Å². The summed E-state index contributed by atoms with van der Waals surface area (Å²) in [6, 6.07) is 11.4. The second-order valence-electron chi connectivity index (χ2n) is 3.89. The highest BCUT2D eigenvalue weighted by Gasteiger charge is 2.06. The first-order chi connectivity index (χ1) is 9.24. The number of hydrogen-bond donors (Lipinski definition) is 1. The molecule has 0 bridgehead atoms. The Balaban J connectivity index is 0.00000200. The molecule has 0 aliphatic carbocycles. The standard InChI is InChI=1S/C14H12FN3O.ClH/c15-13-6-4-12(5-7-13)10-16-17-14(19)11-18-8-2-1-3-9-18;/h1-10H,11H2;1H/b16-10-;. The van der Waals surface area contributed by atoms with Crippen LogP contribution in [-0.4, -0.2) is 12.1 Å². The van der Waals surface area contributed by atoms with E-state index in [-0.39, 0.29) is 30.7 Å². The first kappa shape index (κ1) is 15.8. The van der Waals surface area contributed by atoms with Gasteiger partial charge >= 0.3 is 5.91 Å². The van der Waals surface area contributed by atoms with Gasteiger partial charge in [-0.1, -0.05) is 18.2 Å². The molecule has 0 unspecified atom stereocenters. The number of carbonyl (C=O) groups is 1. The zero-order chi connectivity index (χ0) is 13.5. The first-order valence-electron chi connectivity index (χ1n) is 5.75. The summed E-state index contributed by atoms with van der Waals surface area (Å²) in [6.07, 6.45) is 5.06. The van der Waals surface area contributed by atoms with E-state index in [1.807, 2.05) is 18.2 Å². The highest BCUT2D eigenvalue weighted by Crippen LogP contribution is 1.99. The predicted octanol–water partition coefficient (Wildman–Crippen LogP) is -1.73. The number of amides is 1. The largest absolute Gasteiger partial charge is 1.00 e. The van der Waals surface area contributed by atoms with Crippen LogP contribution >= 0.6 is 0 Å². The quantitative estimate of drug-likeness (QED) is 0.406. The van der Waals surface area contributed by atoms with Crippen LogP contribution in [0, 0.1) is 5.82 Å². The molecular weight excluding hydrogens is 281 g/mol. The van der Waals surface area contributed by atoms with Gasteiger partial charge in [-0.05, 0) is 17.7 Å². The molecule has 0 aliphatic heterocycles. The molecule has 1 amide bonds. The minimum Gasteiger partial charge on any atom is -1.00 e. The van der Waals surface area contributed by atoms with Crippen molar-refractivity contribution in [3.63, 3.8) is 0 Å². The fraction of sp³-hybridized carbons (Fsp3) is 0.0714. The fourth-order valence-corrected chi connectivity index (χ4v) is 1.47. The predicted molar refractivity (Wildman–Crippen MR) is 68.8 cm³/mol. The number of rotatable bonds is 4. The van der Waals surface area contributed by atoms with Crippen LogP contribution in [0.1, 0.15) is 5.56 Å². The van der Waals surface area contributed by atoms with Crippen molar-refractivity contribution in [2.24, 2.45) is 5.10 Å². The first-order valence-corrected chi connectivity index (χ1v) is 5.75. The lowest BCUT2D eigenvalue weighted by Crippen LogP contribution is -3.00. The van der Waals surface area contributed by atoms with Gasteiger partial charge in [-0.3, -0.25) is 4.79 Å². The number of hydrazone groups is 1. The van der Waals surface area contributed by atoms with E-state index in [9.17, 15) is 9.18 Å². The van der Waals surface area contributed by atoms with Crippen LogP contribution in [0.25, 0.3) is 0 Å². The van der Waals surface area contributed by atoms with Crippen LogP contribution in [0.2, 0.25) is 0 Å². The van der Waals surface area contributed by atoms with Crippen molar-refractivity contribution in [1.29, 1.82) is 0 Å². The lowest BCUT2D eigenvalue weighted by atomic mass is 10.2. The maximum atomic E-state index is 12.7. The van der Waals surface area contributed by atoms with Crippen molar-refractivity contribution in [1.82, 2.24) is 5.43 Å². The zero-order valence-electron chi connectivity index (χ0n) is 10.5. The van der Waals surface area contributed by atoms with Crippen LogP contribution in [0.3, 0.4) is 0 Å². The minimum atomic E-state index is -0.304. The van der Waals surface area contributed by atoms with Gasteiger partial charge in [0.25, 0.3) is 0 Å². The molecule has 0 fully saturated rings. The highest BCUT2D eigenvalue weighted by atomic mass is 35.5. The topological polar surface area (TPSA) is 45.3 Å². The van der Waals surface area contributed by atoms with Gasteiger partial charge < -0.3 is 12.4 Å². The third-order valence-electron chi connectivity index (χ3n) is 2.38. The Morgan fingerprint density at radius 1 is 1.20 bits per heavy atom. The van der Waals surface area contributed by atoms with E-state index in [4.69, 9.17) is 0 Å². The smallest absolute Gasteiger partial charge is 0.305 e. The molecule has 1 aromatic carbocycles. The number of nitrogens with zero attached hydrogens (tertiary/aromatic N) is 2. The Morgan fingerprint density at radius 2 is 1.85 bits per heavy atom. The van der Waals surface area contributed by atoms with E-state index in [0.29, 0.717) is 5.56 Å². The number of benzene rings is 1. The van der Waals surface area contributed by atoms with Gasteiger partial charge in [0, 0.05) is 12.1 Å². The van der Waals surface area contributed by atoms with Crippen molar-refractivity contribution < 1.29 is 26.2 Å². The van der Waals surface area contributed by atoms with Crippen LogP contribution in [0.4, 0.5) is 4.39 Å². The molecular formula is C14H13ClFN3O. The summed E-state index contributed by atoms with van der Waals surface area (Å²) in [7, 11) is 0. The highest BCUT2D eigenvalue weighted by molar-refractivity contribution is 5.81. The molecule has 0 saturated carbocycles. The molecule has 6 heteroatoms. The minimum absolute atomic E-state index is 0.